The second kappa shape index (κ2) is 7.84. The fraction of sp³-hybridized carbons (Fsp3) is 0.158. The van der Waals surface area contributed by atoms with Crippen LogP contribution in [0.15, 0.2) is 54.2 Å². The summed E-state index contributed by atoms with van der Waals surface area (Å²) in [5, 5.41) is 14.9. The van der Waals surface area contributed by atoms with Gasteiger partial charge in [-0.05, 0) is 37.6 Å². The number of methoxy groups -OCH3 is 1. The molecule has 0 saturated heterocycles. The van der Waals surface area contributed by atoms with E-state index < -0.39 is 5.91 Å². The molecular weight excluding hydrogens is 302 g/mol. The zero-order valence-electron chi connectivity index (χ0n) is 13.9. The lowest BCUT2D eigenvalue weighted by Gasteiger charge is -2.10. The van der Waals surface area contributed by atoms with Crippen molar-refractivity contribution in [2.45, 2.75) is 13.8 Å². The Morgan fingerprint density at radius 3 is 2.58 bits per heavy atom. The molecule has 2 aromatic carbocycles. The number of anilines is 2. The van der Waals surface area contributed by atoms with Gasteiger partial charge in [-0.1, -0.05) is 29.8 Å². The zero-order valence-corrected chi connectivity index (χ0v) is 13.9. The van der Waals surface area contributed by atoms with Crippen LogP contribution in [-0.4, -0.2) is 13.0 Å². The maximum atomic E-state index is 12.3. The molecule has 0 aliphatic heterocycles. The first kappa shape index (κ1) is 17.1. The summed E-state index contributed by atoms with van der Waals surface area (Å²) in [6.07, 6.45) is 1.41. The number of carbonyl (C=O) groups is 1. The third-order valence-corrected chi connectivity index (χ3v) is 3.47. The molecule has 2 rings (SSSR count). The average molecular weight is 321 g/mol. The molecule has 24 heavy (non-hydrogen) atoms. The fourth-order valence-electron chi connectivity index (χ4n) is 2.21. The van der Waals surface area contributed by atoms with Gasteiger partial charge in [0.1, 0.15) is 17.4 Å². The Balaban J connectivity index is 2.15. The van der Waals surface area contributed by atoms with Gasteiger partial charge in [-0.3, -0.25) is 4.79 Å². The van der Waals surface area contributed by atoms with Gasteiger partial charge in [-0.15, -0.1) is 0 Å². The molecular formula is C19H19N3O2. The van der Waals surface area contributed by atoms with Gasteiger partial charge in [0.05, 0.1) is 12.8 Å². The van der Waals surface area contributed by atoms with Crippen LogP contribution in [0.5, 0.6) is 5.75 Å². The first-order valence-corrected chi connectivity index (χ1v) is 7.43. The van der Waals surface area contributed by atoms with Crippen molar-refractivity contribution in [3.63, 3.8) is 0 Å². The van der Waals surface area contributed by atoms with Crippen LogP contribution in [-0.2, 0) is 4.79 Å². The van der Waals surface area contributed by atoms with Gasteiger partial charge in [-0.25, -0.2) is 0 Å². The Labute approximate surface area is 141 Å². The van der Waals surface area contributed by atoms with E-state index in [1.165, 1.54) is 13.3 Å². The molecule has 5 nitrogen and oxygen atoms in total. The Bertz CT molecular complexity index is 820. The van der Waals surface area contributed by atoms with Crippen molar-refractivity contribution in [2.75, 3.05) is 17.7 Å². The van der Waals surface area contributed by atoms with E-state index in [9.17, 15) is 10.1 Å². The lowest BCUT2D eigenvalue weighted by atomic mass is 10.1. The van der Waals surface area contributed by atoms with Gasteiger partial charge in [0, 0.05) is 11.9 Å². The second-order valence-corrected chi connectivity index (χ2v) is 5.29. The predicted octanol–water partition coefficient (Wildman–Crippen LogP) is 3.77. The number of para-hydroxylation sites is 2. The highest BCUT2D eigenvalue weighted by Gasteiger charge is 2.12. The molecule has 0 unspecified atom stereocenters. The van der Waals surface area contributed by atoms with E-state index in [1.807, 2.05) is 38.1 Å². The third-order valence-electron chi connectivity index (χ3n) is 3.47. The van der Waals surface area contributed by atoms with Crippen molar-refractivity contribution in [3.8, 4) is 11.8 Å². The highest BCUT2D eigenvalue weighted by Crippen LogP contribution is 2.23. The van der Waals surface area contributed by atoms with E-state index in [-0.39, 0.29) is 5.57 Å². The van der Waals surface area contributed by atoms with Crippen molar-refractivity contribution >= 4 is 17.3 Å². The molecule has 0 radical (unpaired) electrons. The van der Waals surface area contributed by atoms with Gasteiger partial charge < -0.3 is 15.4 Å². The molecule has 0 bridgehead atoms. The molecule has 0 saturated carbocycles. The van der Waals surface area contributed by atoms with Gasteiger partial charge >= 0.3 is 0 Å². The number of nitrogens with zero attached hydrogens (tertiary/aromatic N) is 1. The van der Waals surface area contributed by atoms with E-state index in [1.54, 1.807) is 24.3 Å². The SMILES string of the molecule is COc1ccccc1NC(=O)/C(C#N)=C\Nc1ccc(C)cc1C. The lowest BCUT2D eigenvalue weighted by Crippen LogP contribution is -2.15. The smallest absolute Gasteiger partial charge is 0.267 e. The summed E-state index contributed by atoms with van der Waals surface area (Å²) in [7, 11) is 1.52. The topological polar surface area (TPSA) is 74.1 Å². The molecule has 2 aromatic rings. The number of carbonyl (C=O) groups excluding carboxylic acids is 1. The van der Waals surface area contributed by atoms with E-state index in [0.29, 0.717) is 11.4 Å². The van der Waals surface area contributed by atoms with E-state index in [2.05, 4.69) is 10.6 Å². The Morgan fingerprint density at radius 1 is 1.17 bits per heavy atom. The minimum atomic E-state index is -0.501. The van der Waals surface area contributed by atoms with Crippen LogP contribution < -0.4 is 15.4 Å². The standard InChI is InChI=1S/C19H19N3O2/c1-13-8-9-16(14(2)10-13)21-12-15(11-20)19(23)22-17-6-4-5-7-18(17)24-3/h4-10,12,21H,1-3H3,(H,22,23)/b15-12-. The maximum absolute atomic E-state index is 12.3. The van der Waals surface area contributed by atoms with Crippen molar-refractivity contribution in [1.29, 1.82) is 5.26 Å². The summed E-state index contributed by atoms with van der Waals surface area (Å²) in [6.45, 7) is 3.97. The van der Waals surface area contributed by atoms with Crippen molar-refractivity contribution in [2.24, 2.45) is 0 Å². The van der Waals surface area contributed by atoms with Crippen LogP contribution in [0, 0.1) is 25.2 Å². The quantitative estimate of drug-likeness (QED) is 0.649. The lowest BCUT2D eigenvalue weighted by molar-refractivity contribution is -0.112. The summed E-state index contributed by atoms with van der Waals surface area (Å²) >= 11 is 0. The molecule has 1 amide bonds. The number of amides is 1. The zero-order chi connectivity index (χ0) is 17.5. The van der Waals surface area contributed by atoms with Crippen molar-refractivity contribution in [1.82, 2.24) is 0 Å². The minimum absolute atomic E-state index is 0.0270. The summed E-state index contributed by atoms with van der Waals surface area (Å²) in [4.78, 5) is 12.3. The van der Waals surface area contributed by atoms with Gasteiger partial charge in [0.25, 0.3) is 5.91 Å². The predicted molar refractivity (Wildman–Crippen MR) is 94.9 cm³/mol. The minimum Gasteiger partial charge on any atom is -0.495 e. The Morgan fingerprint density at radius 2 is 1.92 bits per heavy atom. The molecule has 0 aliphatic carbocycles. The third kappa shape index (κ3) is 4.14. The van der Waals surface area contributed by atoms with Gasteiger partial charge in [0.2, 0.25) is 0 Å². The first-order valence-electron chi connectivity index (χ1n) is 7.43. The number of rotatable bonds is 5. The van der Waals surface area contributed by atoms with Crippen LogP contribution >= 0.6 is 0 Å². The summed E-state index contributed by atoms with van der Waals surface area (Å²) in [5.41, 5.74) is 3.52. The van der Waals surface area contributed by atoms with Crippen molar-refractivity contribution < 1.29 is 9.53 Å². The van der Waals surface area contributed by atoms with Crippen molar-refractivity contribution in [3.05, 3.63) is 65.4 Å². The fourth-order valence-corrected chi connectivity index (χ4v) is 2.21. The first-order chi connectivity index (χ1) is 11.5. The summed E-state index contributed by atoms with van der Waals surface area (Å²) in [6, 6.07) is 14.8. The number of nitrogens with one attached hydrogen (secondary N) is 2. The van der Waals surface area contributed by atoms with Crippen LogP contribution in [0.4, 0.5) is 11.4 Å². The summed E-state index contributed by atoms with van der Waals surface area (Å²) in [5.74, 6) is 0.0322. The highest BCUT2D eigenvalue weighted by molar-refractivity contribution is 6.07. The molecule has 0 aliphatic rings. The average Bonchev–Trinajstić information content (AvgIpc) is 2.57. The van der Waals surface area contributed by atoms with E-state index in [0.717, 1.165) is 16.8 Å². The number of nitriles is 1. The largest absolute Gasteiger partial charge is 0.495 e. The molecule has 5 heteroatoms. The molecule has 0 fully saturated rings. The van der Waals surface area contributed by atoms with Crippen LogP contribution in [0.1, 0.15) is 11.1 Å². The monoisotopic (exact) mass is 321 g/mol. The number of ether oxygens (including phenoxy) is 1. The Hall–Kier alpha value is -3.26. The molecule has 0 aromatic heterocycles. The van der Waals surface area contributed by atoms with Crippen LogP contribution in [0.25, 0.3) is 0 Å². The number of hydrogen-bond acceptors (Lipinski definition) is 4. The highest BCUT2D eigenvalue weighted by atomic mass is 16.5. The number of aryl methyl sites for hydroxylation is 2. The maximum Gasteiger partial charge on any atom is 0.267 e. The van der Waals surface area contributed by atoms with E-state index in [4.69, 9.17) is 4.74 Å². The molecule has 0 heterocycles. The van der Waals surface area contributed by atoms with E-state index >= 15 is 0 Å². The summed E-state index contributed by atoms with van der Waals surface area (Å²) < 4.78 is 5.18. The molecule has 0 atom stereocenters. The van der Waals surface area contributed by atoms with Crippen LogP contribution in [0.3, 0.4) is 0 Å². The normalized spacial score (nSPS) is 10.7. The number of hydrogen-bond donors (Lipinski definition) is 2. The second-order valence-electron chi connectivity index (χ2n) is 5.29. The number of benzene rings is 2. The van der Waals surface area contributed by atoms with Gasteiger partial charge in [0.15, 0.2) is 0 Å². The molecule has 2 N–H and O–H groups in total. The molecule has 122 valence electrons. The van der Waals surface area contributed by atoms with Crippen LogP contribution in [0.2, 0.25) is 0 Å². The molecule has 0 spiro atoms. The Kier molecular flexibility index (Phi) is 5.58. The van der Waals surface area contributed by atoms with Gasteiger partial charge in [-0.2, -0.15) is 5.26 Å².